The standard InChI is InChI=1S/C17H33N5O3.HI/c1-6-18-15(20-9-8-19-14(23)17(3,4)5)21-10-12-22(13-11-21)16(24)25-7-2;/h6-13H2,1-5H3,(H,18,20)(H,19,23);1H. The van der Waals surface area contributed by atoms with Crippen LogP contribution >= 0.6 is 24.0 Å². The molecule has 8 nitrogen and oxygen atoms in total. The zero-order chi connectivity index (χ0) is 18.9. The van der Waals surface area contributed by atoms with Gasteiger partial charge in [-0.05, 0) is 13.8 Å². The van der Waals surface area contributed by atoms with E-state index in [1.54, 1.807) is 4.90 Å². The van der Waals surface area contributed by atoms with Gasteiger partial charge >= 0.3 is 6.09 Å². The molecule has 0 aromatic carbocycles. The highest BCUT2D eigenvalue weighted by atomic mass is 127. The molecule has 0 aliphatic carbocycles. The lowest BCUT2D eigenvalue weighted by atomic mass is 9.96. The molecule has 0 atom stereocenters. The van der Waals surface area contributed by atoms with Crippen LogP contribution < -0.4 is 10.6 Å². The summed E-state index contributed by atoms with van der Waals surface area (Å²) >= 11 is 0. The Kier molecular flexibility index (Phi) is 11.6. The van der Waals surface area contributed by atoms with Crippen LogP contribution in [0.5, 0.6) is 0 Å². The number of amides is 2. The van der Waals surface area contributed by atoms with Crippen molar-refractivity contribution in [2.24, 2.45) is 10.4 Å². The number of guanidine groups is 1. The summed E-state index contributed by atoms with van der Waals surface area (Å²) < 4.78 is 5.04. The monoisotopic (exact) mass is 483 g/mol. The van der Waals surface area contributed by atoms with E-state index < -0.39 is 5.41 Å². The van der Waals surface area contributed by atoms with Crippen LogP contribution in [0.1, 0.15) is 34.6 Å². The molecule has 1 heterocycles. The van der Waals surface area contributed by atoms with E-state index in [4.69, 9.17) is 4.74 Å². The van der Waals surface area contributed by atoms with Crippen molar-refractivity contribution in [2.75, 3.05) is 52.4 Å². The van der Waals surface area contributed by atoms with Gasteiger partial charge < -0.3 is 25.2 Å². The van der Waals surface area contributed by atoms with Crippen molar-refractivity contribution in [1.82, 2.24) is 20.4 Å². The molecule has 0 unspecified atom stereocenters. The van der Waals surface area contributed by atoms with E-state index in [9.17, 15) is 9.59 Å². The van der Waals surface area contributed by atoms with Gasteiger partial charge in [0.1, 0.15) is 0 Å². The lowest BCUT2D eigenvalue weighted by Crippen LogP contribution is -2.54. The fraction of sp³-hybridized carbons (Fsp3) is 0.824. The maximum absolute atomic E-state index is 11.9. The number of aliphatic imine (C=N–C) groups is 1. The fourth-order valence-electron chi connectivity index (χ4n) is 2.34. The van der Waals surface area contributed by atoms with Crippen molar-refractivity contribution in [1.29, 1.82) is 0 Å². The first-order chi connectivity index (χ1) is 11.8. The molecule has 1 rings (SSSR count). The lowest BCUT2D eigenvalue weighted by molar-refractivity contribution is -0.128. The average Bonchev–Trinajstić information content (AvgIpc) is 2.57. The number of rotatable bonds is 5. The first-order valence-electron chi connectivity index (χ1n) is 9.02. The molecule has 1 saturated heterocycles. The van der Waals surface area contributed by atoms with E-state index in [0.29, 0.717) is 45.9 Å². The number of carbonyl (C=O) groups excluding carboxylic acids is 2. The van der Waals surface area contributed by atoms with Crippen LogP contribution in [0.15, 0.2) is 4.99 Å². The quantitative estimate of drug-likeness (QED) is 0.268. The molecule has 0 aromatic heterocycles. The van der Waals surface area contributed by atoms with E-state index >= 15 is 0 Å². The van der Waals surface area contributed by atoms with E-state index in [1.807, 2.05) is 34.6 Å². The summed E-state index contributed by atoms with van der Waals surface area (Å²) in [5.74, 6) is 0.840. The topological polar surface area (TPSA) is 86.3 Å². The van der Waals surface area contributed by atoms with Crippen molar-refractivity contribution in [3.8, 4) is 0 Å². The molecule has 0 bridgehead atoms. The third-order valence-electron chi connectivity index (χ3n) is 3.78. The zero-order valence-corrected chi connectivity index (χ0v) is 19.0. The van der Waals surface area contributed by atoms with Crippen molar-refractivity contribution >= 4 is 41.9 Å². The molecule has 26 heavy (non-hydrogen) atoms. The zero-order valence-electron chi connectivity index (χ0n) is 16.6. The van der Waals surface area contributed by atoms with Crippen LogP contribution in [-0.2, 0) is 9.53 Å². The highest BCUT2D eigenvalue weighted by Gasteiger charge is 2.24. The Morgan fingerprint density at radius 2 is 1.62 bits per heavy atom. The summed E-state index contributed by atoms with van der Waals surface area (Å²) in [6, 6.07) is 0. The van der Waals surface area contributed by atoms with Gasteiger partial charge in [-0.25, -0.2) is 4.79 Å². The summed E-state index contributed by atoms with van der Waals surface area (Å²) in [6.07, 6.45) is -0.256. The minimum absolute atomic E-state index is 0. The minimum Gasteiger partial charge on any atom is -0.450 e. The SMILES string of the molecule is CCNC(=NCCNC(=O)C(C)(C)C)N1CCN(C(=O)OCC)CC1.I. The number of piperazine rings is 1. The average molecular weight is 483 g/mol. The van der Waals surface area contributed by atoms with Crippen molar-refractivity contribution in [3.05, 3.63) is 0 Å². The van der Waals surface area contributed by atoms with Gasteiger partial charge in [-0.15, -0.1) is 24.0 Å². The minimum atomic E-state index is -0.391. The van der Waals surface area contributed by atoms with Gasteiger partial charge in [0.05, 0.1) is 13.2 Å². The van der Waals surface area contributed by atoms with E-state index in [-0.39, 0.29) is 36.0 Å². The lowest BCUT2D eigenvalue weighted by Gasteiger charge is -2.35. The predicted octanol–water partition coefficient (Wildman–Crippen LogP) is 1.51. The molecule has 152 valence electrons. The molecule has 1 aliphatic heterocycles. The third-order valence-corrected chi connectivity index (χ3v) is 3.78. The van der Waals surface area contributed by atoms with E-state index in [2.05, 4.69) is 20.5 Å². The summed E-state index contributed by atoms with van der Waals surface area (Å²) in [6.45, 7) is 14.3. The molecule has 1 aliphatic rings. The fourth-order valence-corrected chi connectivity index (χ4v) is 2.34. The Morgan fingerprint density at radius 1 is 1.04 bits per heavy atom. The number of hydrogen-bond acceptors (Lipinski definition) is 4. The van der Waals surface area contributed by atoms with Crippen LogP contribution in [0.25, 0.3) is 0 Å². The summed E-state index contributed by atoms with van der Waals surface area (Å²) in [5, 5.41) is 6.17. The number of hydrogen-bond donors (Lipinski definition) is 2. The highest BCUT2D eigenvalue weighted by Crippen LogP contribution is 2.11. The van der Waals surface area contributed by atoms with Gasteiger partial charge in [0.15, 0.2) is 5.96 Å². The third kappa shape index (κ3) is 8.41. The number of ether oxygens (including phenoxy) is 1. The van der Waals surface area contributed by atoms with Gasteiger partial charge in [-0.1, -0.05) is 20.8 Å². The second-order valence-corrected chi connectivity index (χ2v) is 6.91. The first kappa shape index (κ1) is 24.7. The van der Waals surface area contributed by atoms with Gasteiger partial charge in [0.2, 0.25) is 5.91 Å². The Labute approximate surface area is 174 Å². The molecule has 0 radical (unpaired) electrons. The van der Waals surface area contributed by atoms with Crippen LogP contribution in [0.3, 0.4) is 0 Å². The molecular weight excluding hydrogens is 449 g/mol. The van der Waals surface area contributed by atoms with Crippen molar-refractivity contribution < 1.29 is 14.3 Å². The molecule has 2 N–H and O–H groups in total. The van der Waals surface area contributed by atoms with Gasteiger partial charge in [-0.2, -0.15) is 0 Å². The summed E-state index contributed by atoms with van der Waals surface area (Å²) in [7, 11) is 0. The molecule has 1 fully saturated rings. The second-order valence-electron chi connectivity index (χ2n) is 6.91. The van der Waals surface area contributed by atoms with Crippen LogP contribution in [0.2, 0.25) is 0 Å². The van der Waals surface area contributed by atoms with E-state index in [0.717, 1.165) is 12.5 Å². The van der Waals surface area contributed by atoms with E-state index in [1.165, 1.54) is 0 Å². The Balaban J connectivity index is 0.00000625. The van der Waals surface area contributed by atoms with Gasteiger partial charge in [0, 0.05) is 44.7 Å². The normalized spacial score (nSPS) is 15.2. The first-order valence-corrected chi connectivity index (χ1v) is 9.02. The number of nitrogens with zero attached hydrogens (tertiary/aromatic N) is 3. The second kappa shape index (κ2) is 12.2. The molecule has 0 saturated carbocycles. The van der Waals surface area contributed by atoms with Gasteiger partial charge in [-0.3, -0.25) is 9.79 Å². The number of halogens is 1. The molecule has 9 heteroatoms. The predicted molar refractivity (Wildman–Crippen MR) is 114 cm³/mol. The maximum atomic E-state index is 11.9. The van der Waals surface area contributed by atoms with Gasteiger partial charge in [0.25, 0.3) is 0 Å². The Morgan fingerprint density at radius 3 is 2.12 bits per heavy atom. The molecular formula is C17H34IN5O3. The Hall–Kier alpha value is -1.26. The molecule has 0 spiro atoms. The Bertz CT molecular complexity index is 472. The van der Waals surface area contributed by atoms with Crippen molar-refractivity contribution in [2.45, 2.75) is 34.6 Å². The van der Waals surface area contributed by atoms with Crippen LogP contribution in [-0.4, -0.2) is 80.2 Å². The largest absolute Gasteiger partial charge is 0.450 e. The van der Waals surface area contributed by atoms with Crippen molar-refractivity contribution in [3.63, 3.8) is 0 Å². The summed E-state index contributed by atoms with van der Waals surface area (Å²) in [5.41, 5.74) is -0.391. The summed E-state index contributed by atoms with van der Waals surface area (Å²) in [4.78, 5) is 32.0. The maximum Gasteiger partial charge on any atom is 0.409 e. The highest BCUT2D eigenvalue weighted by molar-refractivity contribution is 14.0. The smallest absolute Gasteiger partial charge is 0.409 e. The molecule has 2 amide bonds. The number of carbonyl (C=O) groups is 2. The number of nitrogens with one attached hydrogen (secondary N) is 2. The van der Waals surface area contributed by atoms with Crippen LogP contribution in [0.4, 0.5) is 4.79 Å². The molecule has 0 aromatic rings. The van der Waals surface area contributed by atoms with Crippen LogP contribution in [0, 0.1) is 5.41 Å².